The lowest BCUT2D eigenvalue weighted by Crippen LogP contribution is -2.45. The minimum atomic E-state index is -0.486. The number of halogens is 1. The Kier molecular flexibility index (Phi) is 5.99. The van der Waals surface area contributed by atoms with E-state index in [-0.39, 0.29) is 16.9 Å². The molecule has 1 heterocycles. The third-order valence-corrected chi connectivity index (χ3v) is 5.39. The van der Waals surface area contributed by atoms with Crippen LogP contribution < -0.4 is 10.3 Å². The van der Waals surface area contributed by atoms with Crippen LogP contribution in [0, 0.1) is 0 Å². The molecule has 3 rings (SSSR count). The molecule has 29 heavy (non-hydrogen) atoms. The van der Waals surface area contributed by atoms with Crippen LogP contribution in [0.25, 0.3) is 5.57 Å². The number of amides is 1. The zero-order valence-corrected chi connectivity index (χ0v) is 17.9. The van der Waals surface area contributed by atoms with Gasteiger partial charge in [0.15, 0.2) is 0 Å². The van der Waals surface area contributed by atoms with E-state index in [9.17, 15) is 9.90 Å². The van der Waals surface area contributed by atoms with Crippen molar-refractivity contribution in [2.45, 2.75) is 39.7 Å². The van der Waals surface area contributed by atoms with Gasteiger partial charge in [-0.2, -0.15) is 5.10 Å². The molecule has 1 aliphatic heterocycles. The molecule has 6 heteroatoms. The van der Waals surface area contributed by atoms with E-state index >= 15 is 0 Å². The summed E-state index contributed by atoms with van der Waals surface area (Å²) in [5.41, 5.74) is 6.63. The van der Waals surface area contributed by atoms with Gasteiger partial charge in [-0.3, -0.25) is 4.79 Å². The van der Waals surface area contributed by atoms with Crippen molar-refractivity contribution in [3.8, 4) is 5.75 Å². The van der Waals surface area contributed by atoms with Crippen LogP contribution in [0.5, 0.6) is 5.75 Å². The minimum absolute atomic E-state index is 0.0856. The number of carbonyl (C=O) groups is 1. The summed E-state index contributed by atoms with van der Waals surface area (Å²) in [4.78, 5) is 14.5. The van der Waals surface area contributed by atoms with Crippen LogP contribution in [0.4, 0.5) is 5.69 Å². The summed E-state index contributed by atoms with van der Waals surface area (Å²) in [5, 5.41) is 14.4. The molecule has 0 saturated heterocycles. The van der Waals surface area contributed by atoms with Gasteiger partial charge in [0.1, 0.15) is 5.75 Å². The van der Waals surface area contributed by atoms with Crippen LogP contribution in [0.3, 0.4) is 0 Å². The van der Waals surface area contributed by atoms with Crippen LogP contribution in [0.1, 0.15) is 55.6 Å². The first-order chi connectivity index (χ1) is 13.7. The number of allylic oxidation sites excluding steroid dienone is 1. The monoisotopic (exact) mass is 411 g/mol. The quantitative estimate of drug-likeness (QED) is 0.523. The van der Waals surface area contributed by atoms with E-state index in [1.165, 1.54) is 23.9 Å². The lowest BCUT2D eigenvalue weighted by molar-refractivity contribution is 0.0952. The number of hydrogen-bond donors (Lipinski definition) is 2. The number of rotatable bonds is 5. The van der Waals surface area contributed by atoms with Gasteiger partial charge < -0.3 is 10.0 Å². The summed E-state index contributed by atoms with van der Waals surface area (Å²) < 4.78 is 0. The van der Waals surface area contributed by atoms with Gasteiger partial charge >= 0.3 is 0 Å². The van der Waals surface area contributed by atoms with Crippen molar-refractivity contribution in [1.29, 1.82) is 0 Å². The predicted molar refractivity (Wildman–Crippen MR) is 120 cm³/mol. The molecule has 0 aliphatic carbocycles. The number of anilines is 1. The van der Waals surface area contributed by atoms with Gasteiger partial charge in [0, 0.05) is 23.4 Å². The molecule has 152 valence electrons. The number of nitrogens with one attached hydrogen (secondary N) is 1. The number of phenolic OH excluding ortho intramolecular Hbond substituents is 1. The van der Waals surface area contributed by atoms with Crippen molar-refractivity contribution >= 4 is 35.0 Å². The normalized spacial score (nSPS) is 15.2. The van der Waals surface area contributed by atoms with Crippen molar-refractivity contribution in [3.05, 3.63) is 64.2 Å². The second kappa shape index (κ2) is 8.29. The average molecular weight is 412 g/mol. The third-order valence-electron chi connectivity index (χ3n) is 5.06. The summed E-state index contributed by atoms with van der Waals surface area (Å²) in [7, 11) is 0. The minimum Gasteiger partial charge on any atom is -0.507 e. The van der Waals surface area contributed by atoms with E-state index < -0.39 is 5.91 Å². The van der Waals surface area contributed by atoms with Gasteiger partial charge in [-0.25, -0.2) is 5.43 Å². The van der Waals surface area contributed by atoms with Crippen molar-refractivity contribution in [2.24, 2.45) is 5.10 Å². The molecule has 2 aromatic carbocycles. The maximum atomic E-state index is 12.2. The highest BCUT2D eigenvalue weighted by atomic mass is 35.5. The Bertz CT molecular complexity index is 996. The SMILES string of the molecule is CCCN1c2cc(Cl)c(/C=N/NC(=O)c3ccccc3O)cc2C(C)=CC1(C)C. The molecule has 0 unspecified atom stereocenters. The van der Waals surface area contributed by atoms with Gasteiger partial charge in [0.2, 0.25) is 0 Å². The Labute approximate surface area is 176 Å². The molecule has 0 saturated carbocycles. The Morgan fingerprint density at radius 1 is 1.31 bits per heavy atom. The summed E-state index contributed by atoms with van der Waals surface area (Å²) >= 11 is 6.53. The number of aromatic hydroxyl groups is 1. The first-order valence-electron chi connectivity index (χ1n) is 9.67. The molecule has 2 aromatic rings. The smallest absolute Gasteiger partial charge is 0.275 e. The topological polar surface area (TPSA) is 64.9 Å². The van der Waals surface area contributed by atoms with E-state index in [0.717, 1.165) is 24.2 Å². The number of hydrazone groups is 1. The maximum absolute atomic E-state index is 12.2. The number of para-hydroxylation sites is 1. The van der Waals surface area contributed by atoms with Crippen molar-refractivity contribution in [1.82, 2.24) is 5.43 Å². The molecule has 2 N–H and O–H groups in total. The van der Waals surface area contributed by atoms with Crippen LogP contribution in [-0.4, -0.2) is 29.3 Å². The van der Waals surface area contributed by atoms with Crippen molar-refractivity contribution in [2.75, 3.05) is 11.4 Å². The first-order valence-corrected chi connectivity index (χ1v) is 10.0. The Hall–Kier alpha value is -2.79. The van der Waals surface area contributed by atoms with Crippen LogP contribution in [-0.2, 0) is 0 Å². The molecule has 0 radical (unpaired) electrons. The molecule has 0 aromatic heterocycles. The number of hydrogen-bond acceptors (Lipinski definition) is 4. The highest BCUT2D eigenvalue weighted by Crippen LogP contribution is 2.41. The van der Waals surface area contributed by atoms with Crippen molar-refractivity contribution < 1.29 is 9.90 Å². The lowest BCUT2D eigenvalue weighted by atomic mass is 9.88. The second-order valence-electron chi connectivity index (χ2n) is 7.74. The van der Waals surface area contributed by atoms with E-state index in [1.807, 2.05) is 12.1 Å². The van der Waals surface area contributed by atoms with Crippen molar-refractivity contribution in [3.63, 3.8) is 0 Å². The van der Waals surface area contributed by atoms with Crippen LogP contribution >= 0.6 is 11.6 Å². The molecular weight excluding hydrogens is 386 g/mol. The van der Waals surface area contributed by atoms with Crippen LogP contribution in [0.15, 0.2) is 47.6 Å². The van der Waals surface area contributed by atoms with E-state index in [0.29, 0.717) is 10.6 Å². The Morgan fingerprint density at radius 3 is 2.72 bits per heavy atom. The number of fused-ring (bicyclic) bond motifs is 1. The molecule has 0 atom stereocenters. The standard InChI is InChI=1S/C23H26ClN3O2/c1-5-10-27-20-12-19(24)16(11-18(20)15(2)13-23(27,3)4)14-25-26-22(29)17-8-6-7-9-21(17)28/h6-9,11-14,28H,5,10H2,1-4H3,(H,26,29)/b25-14+. The highest BCUT2D eigenvalue weighted by Gasteiger charge is 2.31. The van der Waals surface area contributed by atoms with E-state index in [4.69, 9.17) is 11.6 Å². The van der Waals surface area contributed by atoms with Gasteiger partial charge in [0.05, 0.1) is 22.3 Å². The number of nitrogens with zero attached hydrogens (tertiary/aromatic N) is 2. The fourth-order valence-electron chi connectivity index (χ4n) is 3.73. The summed E-state index contributed by atoms with van der Waals surface area (Å²) in [6.45, 7) is 9.60. The number of phenols is 1. The van der Waals surface area contributed by atoms with E-state index in [1.54, 1.807) is 12.1 Å². The molecule has 0 bridgehead atoms. The summed E-state index contributed by atoms with van der Waals surface area (Å²) in [5.74, 6) is -0.577. The second-order valence-corrected chi connectivity index (χ2v) is 8.15. The molecule has 0 spiro atoms. The first kappa shape index (κ1) is 20.9. The Morgan fingerprint density at radius 2 is 2.03 bits per heavy atom. The highest BCUT2D eigenvalue weighted by molar-refractivity contribution is 6.33. The maximum Gasteiger partial charge on any atom is 0.275 e. The molecule has 0 fully saturated rings. The van der Waals surface area contributed by atoms with Gasteiger partial charge in [-0.15, -0.1) is 0 Å². The molecular formula is C23H26ClN3O2. The van der Waals surface area contributed by atoms with E-state index in [2.05, 4.69) is 49.2 Å². The fourth-order valence-corrected chi connectivity index (χ4v) is 3.94. The zero-order valence-electron chi connectivity index (χ0n) is 17.2. The number of benzene rings is 2. The third kappa shape index (κ3) is 4.30. The number of carbonyl (C=O) groups excluding carboxylic acids is 1. The van der Waals surface area contributed by atoms with Gasteiger partial charge in [-0.1, -0.05) is 36.7 Å². The molecule has 1 aliphatic rings. The fraction of sp³-hybridized carbons (Fsp3) is 0.304. The largest absolute Gasteiger partial charge is 0.507 e. The van der Waals surface area contributed by atoms with Gasteiger partial charge in [0.25, 0.3) is 5.91 Å². The zero-order chi connectivity index (χ0) is 21.2. The molecule has 5 nitrogen and oxygen atoms in total. The summed E-state index contributed by atoms with van der Waals surface area (Å²) in [6, 6.07) is 10.3. The summed E-state index contributed by atoms with van der Waals surface area (Å²) in [6.07, 6.45) is 4.83. The Balaban J connectivity index is 1.87. The average Bonchev–Trinajstić information content (AvgIpc) is 2.66. The molecule has 1 amide bonds. The predicted octanol–water partition coefficient (Wildman–Crippen LogP) is 5.22. The van der Waals surface area contributed by atoms with Crippen LogP contribution in [0.2, 0.25) is 5.02 Å². The van der Waals surface area contributed by atoms with Gasteiger partial charge in [-0.05, 0) is 57.0 Å². The lowest BCUT2D eigenvalue weighted by Gasteiger charge is -2.43.